The lowest BCUT2D eigenvalue weighted by Crippen LogP contribution is -2.32. The van der Waals surface area contributed by atoms with Gasteiger partial charge in [-0.2, -0.15) is 0 Å². The molecular formula is C12H15N3O3. The number of aliphatic imine (C=N–C) groups is 1. The number of nitrogens with zero attached hydrogens (tertiary/aromatic N) is 2. The van der Waals surface area contributed by atoms with E-state index in [9.17, 15) is 0 Å². The van der Waals surface area contributed by atoms with Gasteiger partial charge in [-0.05, 0) is 17.7 Å². The molecule has 2 aliphatic heterocycles. The Morgan fingerprint density at radius 1 is 1.44 bits per heavy atom. The summed E-state index contributed by atoms with van der Waals surface area (Å²) in [5.74, 6) is 2.61. The van der Waals surface area contributed by atoms with E-state index in [4.69, 9.17) is 19.9 Å². The van der Waals surface area contributed by atoms with E-state index in [1.807, 2.05) is 24.1 Å². The van der Waals surface area contributed by atoms with Crippen LogP contribution in [0.3, 0.4) is 0 Å². The minimum atomic E-state index is 0.119. The van der Waals surface area contributed by atoms with Gasteiger partial charge in [0.1, 0.15) is 0 Å². The maximum Gasteiger partial charge on any atom is 0.231 e. The molecule has 1 atom stereocenters. The van der Waals surface area contributed by atoms with Gasteiger partial charge in [-0.1, -0.05) is 0 Å². The van der Waals surface area contributed by atoms with Gasteiger partial charge in [0.25, 0.3) is 0 Å². The smallest absolute Gasteiger partial charge is 0.231 e. The molecule has 1 aromatic carbocycles. The molecule has 2 N–H and O–H groups in total. The first-order chi connectivity index (χ1) is 8.70. The number of nitrogens with two attached hydrogens (primary N) is 1. The lowest BCUT2D eigenvalue weighted by molar-refractivity contribution is 0.171. The molecular weight excluding hydrogens is 234 g/mol. The van der Waals surface area contributed by atoms with Crippen LogP contribution in [0.5, 0.6) is 17.2 Å². The summed E-state index contributed by atoms with van der Waals surface area (Å²) in [6.07, 6.45) is 0. The van der Waals surface area contributed by atoms with Crippen molar-refractivity contribution in [2.45, 2.75) is 6.04 Å². The van der Waals surface area contributed by atoms with Crippen molar-refractivity contribution in [1.29, 1.82) is 0 Å². The summed E-state index contributed by atoms with van der Waals surface area (Å²) in [6, 6.07) is 4.02. The van der Waals surface area contributed by atoms with E-state index in [0.717, 1.165) is 5.56 Å². The fourth-order valence-corrected chi connectivity index (χ4v) is 2.24. The average Bonchev–Trinajstić information content (AvgIpc) is 2.96. The number of methoxy groups -OCH3 is 1. The number of rotatable bonds is 2. The Hall–Kier alpha value is -2.11. The van der Waals surface area contributed by atoms with Crippen molar-refractivity contribution in [2.75, 3.05) is 27.5 Å². The molecule has 0 bridgehead atoms. The molecule has 0 aromatic heterocycles. The van der Waals surface area contributed by atoms with Crippen molar-refractivity contribution < 1.29 is 14.2 Å². The van der Waals surface area contributed by atoms with Crippen LogP contribution in [0.25, 0.3) is 0 Å². The Labute approximate surface area is 105 Å². The molecule has 0 radical (unpaired) electrons. The lowest BCUT2D eigenvalue weighted by atomic mass is 10.1. The minimum Gasteiger partial charge on any atom is -0.493 e. The van der Waals surface area contributed by atoms with E-state index in [-0.39, 0.29) is 12.8 Å². The molecule has 0 aliphatic carbocycles. The molecule has 6 nitrogen and oxygen atoms in total. The number of hydrogen-bond donors (Lipinski definition) is 1. The number of hydrogen-bond acceptors (Lipinski definition) is 6. The monoisotopic (exact) mass is 249 g/mol. The number of ether oxygens (including phenoxy) is 3. The van der Waals surface area contributed by atoms with Gasteiger partial charge >= 0.3 is 0 Å². The number of likely N-dealkylation sites (N-methyl/N-ethyl adjacent to an activating group) is 1. The predicted octanol–water partition coefficient (Wildman–Crippen LogP) is 0.725. The largest absolute Gasteiger partial charge is 0.493 e. The van der Waals surface area contributed by atoms with E-state index in [1.54, 1.807) is 7.11 Å². The van der Waals surface area contributed by atoms with Gasteiger partial charge in [0, 0.05) is 7.05 Å². The van der Waals surface area contributed by atoms with Gasteiger partial charge in [0.05, 0.1) is 19.7 Å². The topological polar surface area (TPSA) is 69.3 Å². The van der Waals surface area contributed by atoms with E-state index in [0.29, 0.717) is 29.8 Å². The van der Waals surface area contributed by atoms with E-state index in [1.165, 1.54) is 0 Å². The highest BCUT2D eigenvalue weighted by atomic mass is 16.7. The van der Waals surface area contributed by atoms with Crippen LogP contribution in [0.1, 0.15) is 11.6 Å². The van der Waals surface area contributed by atoms with Crippen molar-refractivity contribution in [1.82, 2.24) is 4.90 Å². The number of benzene rings is 1. The zero-order valence-electron chi connectivity index (χ0n) is 10.3. The number of fused-ring (bicyclic) bond motifs is 1. The number of guanidine groups is 1. The molecule has 0 saturated heterocycles. The van der Waals surface area contributed by atoms with E-state index in [2.05, 4.69) is 4.99 Å². The minimum absolute atomic E-state index is 0.119. The second-order valence-corrected chi connectivity index (χ2v) is 4.28. The zero-order valence-corrected chi connectivity index (χ0v) is 10.3. The van der Waals surface area contributed by atoms with Gasteiger partial charge in [-0.25, -0.2) is 0 Å². The molecule has 1 aromatic rings. The predicted molar refractivity (Wildman–Crippen MR) is 66.1 cm³/mol. The summed E-state index contributed by atoms with van der Waals surface area (Å²) in [4.78, 5) is 6.17. The average molecular weight is 249 g/mol. The molecule has 0 fully saturated rings. The Kier molecular flexibility index (Phi) is 2.43. The van der Waals surface area contributed by atoms with Crippen molar-refractivity contribution in [3.63, 3.8) is 0 Å². The molecule has 0 saturated carbocycles. The maximum absolute atomic E-state index is 5.78. The summed E-state index contributed by atoms with van der Waals surface area (Å²) < 4.78 is 16.1. The highest BCUT2D eigenvalue weighted by Gasteiger charge is 2.28. The van der Waals surface area contributed by atoms with Crippen LogP contribution in [0.15, 0.2) is 17.1 Å². The Morgan fingerprint density at radius 2 is 2.28 bits per heavy atom. The Balaban J connectivity index is 1.99. The van der Waals surface area contributed by atoms with Crippen molar-refractivity contribution in [3.05, 3.63) is 17.7 Å². The van der Waals surface area contributed by atoms with Gasteiger partial charge in [0.2, 0.25) is 12.5 Å². The standard InChI is InChI=1S/C12H15N3O3/c1-15-8(5-14-12(15)13)7-3-9(16-2)11-10(4-7)17-6-18-11/h3-4,8H,5-6H2,1-2H3,(H2,13,14). The molecule has 18 heavy (non-hydrogen) atoms. The highest BCUT2D eigenvalue weighted by molar-refractivity contribution is 5.80. The fourth-order valence-electron chi connectivity index (χ4n) is 2.24. The van der Waals surface area contributed by atoms with Gasteiger partial charge in [-0.3, -0.25) is 4.99 Å². The molecule has 2 aliphatic rings. The van der Waals surface area contributed by atoms with Crippen LogP contribution >= 0.6 is 0 Å². The fraction of sp³-hybridized carbons (Fsp3) is 0.417. The van der Waals surface area contributed by atoms with Crippen LogP contribution in [0.4, 0.5) is 0 Å². The summed E-state index contributed by atoms with van der Waals surface area (Å²) >= 11 is 0. The molecule has 3 rings (SSSR count). The normalized spacial score (nSPS) is 21.1. The molecule has 1 unspecified atom stereocenters. The quantitative estimate of drug-likeness (QED) is 0.836. The molecule has 6 heteroatoms. The zero-order chi connectivity index (χ0) is 12.7. The molecule has 0 spiro atoms. The third kappa shape index (κ3) is 1.53. The van der Waals surface area contributed by atoms with Crippen LogP contribution < -0.4 is 19.9 Å². The van der Waals surface area contributed by atoms with Crippen LogP contribution in [0, 0.1) is 0 Å². The van der Waals surface area contributed by atoms with Crippen LogP contribution in [-0.4, -0.2) is 38.4 Å². The first kappa shape index (κ1) is 11.0. The second-order valence-electron chi connectivity index (χ2n) is 4.28. The Morgan fingerprint density at radius 3 is 2.94 bits per heavy atom. The summed E-state index contributed by atoms with van der Waals surface area (Å²) in [5, 5.41) is 0. The second kappa shape index (κ2) is 3.97. The molecule has 96 valence electrons. The van der Waals surface area contributed by atoms with Gasteiger partial charge in [-0.15, -0.1) is 0 Å². The summed E-state index contributed by atoms with van der Waals surface area (Å²) in [5.41, 5.74) is 6.84. The van der Waals surface area contributed by atoms with Crippen LogP contribution in [-0.2, 0) is 0 Å². The van der Waals surface area contributed by atoms with Gasteiger partial charge in [0.15, 0.2) is 17.5 Å². The SMILES string of the molecule is COc1cc(C2CN=C(N)N2C)cc2c1OCO2. The van der Waals surface area contributed by atoms with Crippen molar-refractivity contribution in [2.24, 2.45) is 10.7 Å². The first-order valence-corrected chi connectivity index (χ1v) is 5.71. The molecule has 0 amide bonds. The van der Waals surface area contributed by atoms with E-state index < -0.39 is 0 Å². The van der Waals surface area contributed by atoms with Crippen molar-refractivity contribution >= 4 is 5.96 Å². The Bertz CT molecular complexity index is 516. The summed E-state index contributed by atoms with van der Waals surface area (Å²) in [7, 11) is 3.54. The maximum atomic E-state index is 5.78. The third-order valence-electron chi connectivity index (χ3n) is 3.32. The van der Waals surface area contributed by atoms with Crippen LogP contribution in [0.2, 0.25) is 0 Å². The van der Waals surface area contributed by atoms with Gasteiger partial charge < -0.3 is 24.8 Å². The molecule has 2 heterocycles. The van der Waals surface area contributed by atoms with E-state index >= 15 is 0 Å². The third-order valence-corrected chi connectivity index (χ3v) is 3.32. The summed E-state index contributed by atoms with van der Waals surface area (Å²) in [6.45, 7) is 0.874. The lowest BCUT2D eigenvalue weighted by Gasteiger charge is -2.22. The first-order valence-electron chi connectivity index (χ1n) is 5.71. The van der Waals surface area contributed by atoms with Crippen molar-refractivity contribution in [3.8, 4) is 17.2 Å². The highest BCUT2D eigenvalue weighted by Crippen LogP contribution is 2.43.